The number of piperazine rings is 1. The standard InChI is InChI=1S/C28H32BrN7O4/c1-17(25(37)34-13-15-35(16-14-34)27(38)40-28(2,3)4)30-26-31-22-20(7-6-8-21(22)29)24-32-23(33-36(24)26)18-9-11-19(39-5)12-10-18/h6-12,17H,13-16H2,1-5H3,(H,30,31)/t17-/m1/s1. The van der Waals surface area contributed by atoms with E-state index in [0.29, 0.717) is 49.1 Å². The summed E-state index contributed by atoms with van der Waals surface area (Å²) in [5, 5.41) is 8.83. The van der Waals surface area contributed by atoms with Crippen LogP contribution in [-0.2, 0) is 9.53 Å². The lowest BCUT2D eigenvalue weighted by atomic mass is 10.2. The minimum Gasteiger partial charge on any atom is -0.497 e. The van der Waals surface area contributed by atoms with Crippen molar-refractivity contribution in [3.63, 3.8) is 0 Å². The highest BCUT2D eigenvalue weighted by Gasteiger charge is 2.30. The second-order valence-corrected chi connectivity index (χ2v) is 11.5. The Morgan fingerprint density at radius 1 is 1.00 bits per heavy atom. The zero-order valence-corrected chi connectivity index (χ0v) is 24.7. The number of hydrogen-bond donors (Lipinski definition) is 1. The number of halogens is 1. The van der Waals surface area contributed by atoms with Gasteiger partial charge in [-0.2, -0.15) is 4.52 Å². The summed E-state index contributed by atoms with van der Waals surface area (Å²) in [4.78, 5) is 38.8. The van der Waals surface area contributed by atoms with Gasteiger partial charge >= 0.3 is 6.09 Å². The molecule has 40 heavy (non-hydrogen) atoms. The molecule has 210 valence electrons. The van der Waals surface area contributed by atoms with Gasteiger partial charge in [-0.05, 0) is 80.0 Å². The Labute approximate surface area is 240 Å². The molecule has 2 aromatic heterocycles. The minimum absolute atomic E-state index is 0.0958. The molecule has 0 radical (unpaired) electrons. The van der Waals surface area contributed by atoms with E-state index >= 15 is 0 Å². The smallest absolute Gasteiger partial charge is 0.410 e. The van der Waals surface area contributed by atoms with E-state index in [2.05, 4.69) is 21.2 Å². The summed E-state index contributed by atoms with van der Waals surface area (Å²) in [7, 11) is 1.62. The molecule has 11 nitrogen and oxygen atoms in total. The van der Waals surface area contributed by atoms with Crippen molar-refractivity contribution in [1.29, 1.82) is 0 Å². The van der Waals surface area contributed by atoms with Crippen LogP contribution in [0.15, 0.2) is 46.9 Å². The molecule has 1 aliphatic rings. The summed E-state index contributed by atoms with van der Waals surface area (Å²) in [6, 6.07) is 12.7. The SMILES string of the molecule is COc1ccc(-c2nc3c4cccc(Br)c4nc(N[C@H](C)C(=O)N4CCN(C(=O)OC(C)(C)C)CC4)n3n2)cc1. The molecule has 2 aromatic carbocycles. The third-order valence-electron chi connectivity index (χ3n) is 6.56. The number of fused-ring (bicyclic) bond motifs is 3. The first-order chi connectivity index (χ1) is 19.0. The predicted molar refractivity (Wildman–Crippen MR) is 155 cm³/mol. The maximum atomic E-state index is 13.4. The highest BCUT2D eigenvalue weighted by atomic mass is 79.9. The summed E-state index contributed by atoms with van der Waals surface area (Å²) in [5.74, 6) is 1.57. The highest BCUT2D eigenvalue weighted by Crippen LogP contribution is 2.29. The summed E-state index contributed by atoms with van der Waals surface area (Å²) in [6.07, 6.45) is -0.363. The average molecular weight is 611 g/mol. The van der Waals surface area contributed by atoms with Crippen LogP contribution in [0.5, 0.6) is 5.75 Å². The molecule has 12 heteroatoms. The molecule has 0 spiro atoms. The normalized spacial score (nSPS) is 14.8. The maximum absolute atomic E-state index is 13.4. The molecule has 2 amide bonds. The third kappa shape index (κ3) is 5.67. The lowest BCUT2D eigenvalue weighted by Gasteiger charge is -2.36. The van der Waals surface area contributed by atoms with Crippen molar-refractivity contribution in [2.75, 3.05) is 38.6 Å². The molecule has 3 heterocycles. The number of amides is 2. The first kappa shape index (κ1) is 27.6. The van der Waals surface area contributed by atoms with Gasteiger partial charge in [-0.1, -0.05) is 6.07 Å². The van der Waals surface area contributed by atoms with Crippen molar-refractivity contribution in [2.45, 2.75) is 39.3 Å². The Bertz CT molecular complexity index is 1560. The van der Waals surface area contributed by atoms with Gasteiger partial charge in [0.25, 0.3) is 0 Å². The van der Waals surface area contributed by atoms with Crippen LogP contribution in [0.4, 0.5) is 10.7 Å². The molecule has 4 aromatic rings. The maximum Gasteiger partial charge on any atom is 0.410 e. The number of para-hydroxylation sites is 1. The van der Waals surface area contributed by atoms with E-state index in [1.807, 2.05) is 63.2 Å². The predicted octanol–water partition coefficient (Wildman–Crippen LogP) is 4.60. The van der Waals surface area contributed by atoms with Gasteiger partial charge in [0.2, 0.25) is 11.9 Å². The molecule has 1 fully saturated rings. The lowest BCUT2D eigenvalue weighted by Crippen LogP contribution is -2.54. The van der Waals surface area contributed by atoms with Crippen molar-refractivity contribution in [1.82, 2.24) is 29.4 Å². The molecule has 0 unspecified atom stereocenters. The fourth-order valence-electron chi connectivity index (χ4n) is 4.52. The van der Waals surface area contributed by atoms with Crippen LogP contribution in [0.25, 0.3) is 27.9 Å². The minimum atomic E-state index is -0.600. The Kier molecular flexibility index (Phi) is 7.54. The van der Waals surface area contributed by atoms with Crippen molar-refractivity contribution in [3.05, 3.63) is 46.9 Å². The molecule has 1 saturated heterocycles. The summed E-state index contributed by atoms with van der Waals surface area (Å²) in [5.41, 5.74) is 1.58. The number of aromatic nitrogens is 4. The van der Waals surface area contributed by atoms with Crippen molar-refractivity contribution >= 4 is 50.4 Å². The van der Waals surface area contributed by atoms with Crippen LogP contribution in [0.2, 0.25) is 0 Å². The number of rotatable bonds is 5. The van der Waals surface area contributed by atoms with E-state index in [0.717, 1.165) is 21.2 Å². The molecule has 1 N–H and O–H groups in total. The lowest BCUT2D eigenvalue weighted by molar-refractivity contribution is -0.133. The van der Waals surface area contributed by atoms with Crippen LogP contribution in [0, 0.1) is 0 Å². The molecule has 1 aliphatic heterocycles. The van der Waals surface area contributed by atoms with Crippen molar-refractivity contribution in [3.8, 4) is 17.1 Å². The molecule has 0 saturated carbocycles. The van der Waals surface area contributed by atoms with E-state index < -0.39 is 11.6 Å². The quantitative estimate of drug-likeness (QED) is 0.349. The van der Waals surface area contributed by atoms with Gasteiger partial charge in [0, 0.05) is 41.6 Å². The van der Waals surface area contributed by atoms with Gasteiger partial charge in [0.1, 0.15) is 17.4 Å². The van der Waals surface area contributed by atoms with Gasteiger partial charge < -0.3 is 24.6 Å². The number of anilines is 1. The van der Waals surface area contributed by atoms with Gasteiger partial charge in [0.05, 0.1) is 12.6 Å². The first-order valence-electron chi connectivity index (χ1n) is 13.1. The fourth-order valence-corrected chi connectivity index (χ4v) is 4.97. The second kappa shape index (κ2) is 10.9. The number of nitrogens with zero attached hydrogens (tertiary/aromatic N) is 6. The van der Waals surface area contributed by atoms with Crippen LogP contribution in [0.3, 0.4) is 0 Å². The summed E-state index contributed by atoms with van der Waals surface area (Å²) in [6.45, 7) is 8.96. The van der Waals surface area contributed by atoms with Crippen molar-refractivity contribution < 1.29 is 19.1 Å². The molecular formula is C28H32BrN7O4. The Balaban J connectivity index is 1.39. The highest BCUT2D eigenvalue weighted by molar-refractivity contribution is 9.10. The molecule has 0 aliphatic carbocycles. The Morgan fingerprint density at radius 2 is 1.68 bits per heavy atom. The average Bonchev–Trinajstić information content (AvgIpc) is 3.39. The van der Waals surface area contributed by atoms with Gasteiger partial charge in [-0.3, -0.25) is 4.79 Å². The Morgan fingerprint density at radius 3 is 2.33 bits per heavy atom. The number of hydrogen-bond acceptors (Lipinski definition) is 8. The summed E-state index contributed by atoms with van der Waals surface area (Å²) < 4.78 is 13.2. The molecule has 1 atom stereocenters. The fraction of sp³-hybridized carbons (Fsp3) is 0.393. The zero-order valence-electron chi connectivity index (χ0n) is 23.1. The van der Waals surface area contributed by atoms with Crippen LogP contribution in [0.1, 0.15) is 27.7 Å². The first-order valence-corrected chi connectivity index (χ1v) is 13.9. The molecule has 0 bridgehead atoms. The van der Waals surface area contributed by atoms with Crippen LogP contribution in [-0.4, -0.2) is 86.3 Å². The molecular weight excluding hydrogens is 578 g/mol. The van der Waals surface area contributed by atoms with E-state index in [1.165, 1.54) is 0 Å². The summed E-state index contributed by atoms with van der Waals surface area (Å²) >= 11 is 3.60. The van der Waals surface area contributed by atoms with Gasteiger partial charge in [-0.15, -0.1) is 5.10 Å². The third-order valence-corrected chi connectivity index (χ3v) is 7.20. The topological polar surface area (TPSA) is 114 Å². The molecule has 5 rings (SSSR count). The number of carbonyl (C=O) groups is 2. The zero-order chi connectivity index (χ0) is 28.6. The van der Waals surface area contributed by atoms with Crippen molar-refractivity contribution in [2.24, 2.45) is 0 Å². The van der Waals surface area contributed by atoms with E-state index in [4.69, 9.17) is 24.5 Å². The number of carbonyl (C=O) groups excluding carboxylic acids is 2. The number of benzene rings is 2. The second-order valence-electron chi connectivity index (χ2n) is 10.6. The number of ether oxygens (including phenoxy) is 2. The number of methoxy groups -OCH3 is 1. The van der Waals surface area contributed by atoms with Crippen LogP contribution >= 0.6 is 15.9 Å². The Hall–Kier alpha value is -3.93. The van der Waals surface area contributed by atoms with E-state index in [1.54, 1.807) is 28.3 Å². The van der Waals surface area contributed by atoms with E-state index in [9.17, 15) is 9.59 Å². The van der Waals surface area contributed by atoms with Crippen LogP contribution < -0.4 is 10.1 Å². The van der Waals surface area contributed by atoms with Gasteiger partial charge in [-0.25, -0.2) is 14.8 Å². The van der Waals surface area contributed by atoms with Gasteiger partial charge in [0.15, 0.2) is 11.5 Å². The van der Waals surface area contributed by atoms with E-state index in [-0.39, 0.29) is 12.0 Å². The monoisotopic (exact) mass is 609 g/mol. The number of nitrogens with one attached hydrogen (secondary N) is 1. The largest absolute Gasteiger partial charge is 0.497 e.